The molecule has 2 rings (SSSR count). The Kier molecular flexibility index (Phi) is 2.73. The number of benzene rings is 1. The van der Waals surface area contributed by atoms with E-state index < -0.39 is 0 Å². The van der Waals surface area contributed by atoms with Crippen molar-refractivity contribution < 1.29 is 4.74 Å². The summed E-state index contributed by atoms with van der Waals surface area (Å²) in [5.41, 5.74) is 6.50. The van der Waals surface area contributed by atoms with Crippen molar-refractivity contribution in [3.8, 4) is 5.75 Å². The van der Waals surface area contributed by atoms with Gasteiger partial charge in [0.25, 0.3) is 0 Å². The van der Waals surface area contributed by atoms with Crippen LogP contribution < -0.4 is 10.5 Å². The van der Waals surface area contributed by atoms with Gasteiger partial charge in [0.1, 0.15) is 11.9 Å². The summed E-state index contributed by atoms with van der Waals surface area (Å²) >= 11 is 0. The van der Waals surface area contributed by atoms with Crippen molar-refractivity contribution in [3.63, 3.8) is 0 Å². The van der Waals surface area contributed by atoms with Crippen molar-refractivity contribution in [2.75, 3.05) is 5.73 Å². The van der Waals surface area contributed by atoms with Crippen LogP contribution in [0, 0.1) is 0 Å². The first-order valence-corrected chi connectivity index (χ1v) is 5.04. The van der Waals surface area contributed by atoms with Crippen LogP contribution in [0.25, 0.3) is 0 Å². The van der Waals surface area contributed by atoms with Crippen molar-refractivity contribution in [1.29, 1.82) is 0 Å². The number of nitrogens with two attached hydrogens (primary N) is 1. The Bertz CT molecular complexity index is 333. The minimum atomic E-state index is 0.202. The van der Waals surface area contributed by atoms with Gasteiger partial charge in [-0.25, -0.2) is 0 Å². The third kappa shape index (κ3) is 2.08. The quantitative estimate of drug-likeness (QED) is 0.573. The van der Waals surface area contributed by atoms with Crippen molar-refractivity contribution in [1.82, 2.24) is 0 Å². The Morgan fingerprint density at radius 2 is 2.14 bits per heavy atom. The maximum absolute atomic E-state index is 5.79. The fourth-order valence-corrected chi connectivity index (χ4v) is 1.63. The molecule has 1 aliphatic rings. The largest absolute Gasteiger partial charge is 0.484 e. The van der Waals surface area contributed by atoms with Crippen LogP contribution in [-0.2, 0) is 0 Å². The van der Waals surface area contributed by atoms with Gasteiger partial charge in [-0.15, -0.1) is 0 Å². The van der Waals surface area contributed by atoms with Crippen LogP contribution in [0.2, 0.25) is 0 Å². The van der Waals surface area contributed by atoms with Gasteiger partial charge in [0.2, 0.25) is 0 Å². The van der Waals surface area contributed by atoms with Gasteiger partial charge in [0.05, 0.1) is 5.69 Å². The first-order chi connectivity index (χ1) is 6.86. The lowest BCUT2D eigenvalue weighted by molar-refractivity contribution is 0.231. The number of nitrogen functional groups attached to an aromatic ring is 1. The molecule has 0 aliphatic heterocycles. The molecule has 0 amide bonds. The summed E-state index contributed by atoms with van der Waals surface area (Å²) in [6.45, 7) is 0. The highest BCUT2D eigenvalue weighted by molar-refractivity contribution is 5.52. The highest BCUT2D eigenvalue weighted by atomic mass is 16.5. The van der Waals surface area contributed by atoms with Crippen molar-refractivity contribution in [2.45, 2.75) is 25.4 Å². The van der Waals surface area contributed by atoms with E-state index in [9.17, 15) is 0 Å². The molecule has 0 saturated carbocycles. The Morgan fingerprint density at radius 3 is 2.86 bits per heavy atom. The SMILES string of the molecule is Nc1ccccc1OC1C=CCCC1. The first kappa shape index (κ1) is 9.13. The van der Waals surface area contributed by atoms with Crippen LogP contribution in [0.4, 0.5) is 5.69 Å². The molecule has 74 valence electrons. The predicted octanol–water partition coefficient (Wildman–Crippen LogP) is 2.76. The summed E-state index contributed by atoms with van der Waals surface area (Å²) in [5.74, 6) is 0.795. The summed E-state index contributed by atoms with van der Waals surface area (Å²) in [6.07, 6.45) is 7.96. The van der Waals surface area contributed by atoms with Crippen molar-refractivity contribution in [2.24, 2.45) is 0 Å². The van der Waals surface area contributed by atoms with Gasteiger partial charge in [-0.3, -0.25) is 0 Å². The molecule has 0 heterocycles. The molecule has 0 spiro atoms. The van der Waals surface area contributed by atoms with Gasteiger partial charge in [-0.1, -0.05) is 18.2 Å². The zero-order valence-corrected chi connectivity index (χ0v) is 8.15. The fraction of sp³-hybridized carbons (Fsp3) is 0.333. The third-order valence-electron chi connectivity index (χ3n) is 2.41. The molecule has 0 saturated heterocycles. The zero-order chi connectivity index (χ0) is 9.80. The number of anilines is 1. The maximum Gasteiger partial charge on any atom is 0.143 e. The fourth-order valence-electron chi connectivity index (χ4n) is 1.63. The van der Waals surface area contributed by atoms with Gasteiger partial charge < -0.3 is 10.5 Å². The average Bonchev–Trinajstić information content (AvgIpc) is 2.23. The lowest BCUT2D eigenvalue weighted by Crippen LogP contribution is -2.16. The van der Waals surface area contributed by atoms with Crippen LogP contribution in [0.3, 0.4) is 0 Å². The number of hydrogen-bond donors (Lipinski definition) is 1. The van der Waals surface area contributed by atoms with E-state index in [0.717, 1.165) is 12.2 Å². The molecule has 1 aromatic carbocycles. The Morgan fingerprint density at radius 1 is 1.29 bits per heavy atom. The second kappa shape index (κ2) is 4.18. The second-order valence-electron chi connectivity index (χ2n) is 3.55. The Labute approximate surface area is 84.4 Å². The molecule has 2 N–H and O–H groups in total. The molecule has 2 nitrogen and oxygen atoms in total. The summed E-state index contributed by atoms with van der Waals surface area (Å²) in [4.78, 5) is 0. The van der Waals surface area contributed by atoms with Crippen LogP contribution in [0.5, 0.6) is 5.75 Å². The number of hydrogen-bond acceptors (Lipinski definition) is 2. The van der Waals surface area contributed by atoms with Gasteiger partial charge in [0.15, 0.2) is 0 Å². The van der Waals surface area contributed by atoms with Gasteiger partial charge >= 0.3 is 0 Å². The normalized spacial score (nSPS) is 20.7. The molecule has 0 fully saturated rings. The van der Waals surface area contributed by atoms with E-state index in [2.05, 4.69) is 12.2 Å². The standard InChI is InChI=1S/C12H15NO/c13-11-8-4-5-9-12(11)14-10-6-2-1-3-7-10/h2,4-6,8-10H,1,3,7,13H2. The molecular formula is C12H15NO. The van der Waals surface area contributed by atoms with E-state index in [1.807, 2.05) is 24.3 Å². The molecule has 2 heteroatoms. The molecule has 1 atom stereocenters. The van der Waals surface area contributed by atoms with Gasteiger partial charge in [-0.05, 0) is 37.5 Å². The highest BCUT2D eigenvalue weighted by Gasteiger charge is 2.10. The summed E-state index contributed by atoms with van der Waals surface area (Å²) < 4.78 is 5.77. The smallest absolute Gasteiger partial charge is 0.143 e. The van der Waals surface area contributed by atoms with E-state index in [0.29, 0.717) is 5.69 Å². The number of ether oxygens (including phenoxy) is 1. The number of allylic oxidation sites excluding steroid dienone is 1. The topological polar surface area (TPSA) is 35.2 Å². The van der Waals surface area contributed by atoms with E-state index >= 15 is 0 Å². The molecule has 1 aromatic rings. The third-order valence-corrected chi connectivity index (χ3v) is 2.41. The van der Waals surface area contributed by atoms with E-state index in [1.165, 1.54) is 12.8 Å². The highest BCUT2D eigenvalue weighted by Crippen LogP contribution is 2.24. The second-order valence-corrected chi connectivity index (χ2v) is 3.55. The minimum Gasteiger partial charge on any atom is -0.484 e. The number of rotatable bonds is 2. The summed E-state index contributed by atoms with van der Waals surface area (Å²) in [7, 11) is 0. The summed E-state index contributed by atoms with van der Waals surface area (Å²) in [5, 5.41) is 0. The predicted molar refractivity (Wildman–Crippen MR) is 58.3 cm³/mol. The zero-order valence-electron chi connectivity index (χ0n) is 8.15. The van der Waals surface area contributed by atoms with Crippen LogP contribution >= 0.6 is 0 Å². The van der Waals surface area contributed by atoms with E-state index in [4.69, 9.17) is 10.5 Å². The number of para-hydroxylation sites is 2. The van der Waals surface area contributed by atoms with Crippen molar-refractivity contribution >= 4 is 5.69 Å². The first-order valence-electron chi connectivity index (χ1n) is 5.04. The lowest BCUT2D eigenvalue weighted by Gasteiger charge is -2.19. The molecule has 0 aromatic heterocycles. The molecule has 1 aliphatic carbocycles. The van der Waals surface area contributed by atoms with Crippen LogP contribution in [-0.4, -0.2) is 6.10 Å². The Hall–Kier alpha value is -1.44. The summed E-state index contributed by atoms with van der Waals surface area (Å²) in [6, 6.07) is 7.64. The van der Waals surface area contributed by atoms with Crippen LogP contribution in [0.15, 0.2) is 36.4 Å². The maximum atomic E-state index is 5.79. The van der Waals surface area contributed by atoms with E-state index in [-0.39, 0.29) is 6.10 Å². The average molecular weight is 189 g/mol. The molecule has 0 radical (unpaired) electrons. The molecule has 14 heavy (non-hydrogen) atoms. The molecule has 1 unspecified atom stereocenters. The minimum absolute atomic E-state index is 0.202. The molecular weight excluding hydrogens is 174 g/mol. The van der Waals surface area contributed by atoms with E-state index in [1.54, 1.807) is 0 Å². The molecule has 0 bridgehead atoms. The lowest BCUT2D eigenvalue weighted by atomic mass is 10.1. The van der Waals surface area contributed by atoms with Crippen LogP contribution in [0.1, 0.15) is 19.3 Å². The van der Waals surface area contributed by atoms with Gasteiger partial charge in [0, 0.05) is 0 Å². The Balaban J connectivity index is 2.06. The van der Waals surface area contributed by atoms with Gasteiger partial charge in [-0.2, -0.15) is 0 Å². The van der Waals surface area contributed by atoms with Crippen molar-refractivity contribution in [3.05, 3.63) is 36.4 Å². The monoisotopic (exact) mass is 189 g/mol.